The van der Waals surface area contributed by atoms with Crippen LogP contribution >= 0.6 is 0 Å². The Morgan fingerprint density at radius 3 is 2.30 bits per heavy atom. The van der Waals surface area contributed by atoms with E-state index < -0.39 is 0 Å². The fourth-order valence-corrected chi connectivity index (χ4v) is 2.93. The molecule has 1 amide bonds. The lowest BCUT2D eigenvalue weighted by Gasteiger charge is -2.05. The standard InChI is InChI=1S/C17H12N2O/c18-17(20)15-6-5-10-11-7-8-16-14(2-1-9-19-16)12(11)3-4-13(10)15/h1-9,19H,(H2,18,20). The summed E-state index contributed by atoms with van der Waals surface area (Å²) in [5, 5.41) is 5.48. The molecular formula is C17H12N2O. The SMILES string of the molecule is NC(=O)c1ccc2c1ccc1c3ccc[nH]c3ccc21. The van der Waals surface area contributed by atoms with Crippen LogP contribution in [0.3, 0.4) is 0 Å². The van der Waals surface area contributed by atoms with Gasteiger partial charge >= 0.3 is 0 Å². The van der Waals surface area contributed by atoms with E-state index in [9.17, 15) is 4.79 Å². The molecule has 3 nitrogen and oxygen atoms in total. The first-order chi connectivity index (χ1) is 9.75. The topological polar surface area (TPSA) is 58.9 Å². The monoisotopic (exact) mass is 260 g/mol. The molecule has 0 saturated heterocycles. The molecule has 0 spiro atoms. The molecule has 0 atom stereocenters. The van der Waals surface area contributed by atoms with Crippen LogP contribution in [0.2, 0.25) is 0 Å². The highest BCUT2D eigenvalue weighted by atomic mass is 16.1. The molecule has 0 aliphatic carbocycles. The zero-order valence-electron chi connectivity index (χ0n) is 10.7. The van der Waals surface area contributed by atoms with Crippen LogP contribution in [0.4, 0.5) is 0 Å². The Bertz CT molecular complexity index is 982. The van der Waals surface area contributed by atoms with Crippen LogP contribution in [0.15, 0.2) is 54.7 Å². The maximum Gasteiger partial charge on any atom is 0.249 e. The minimum atomic E-state index is -0.381. The first-order valence-electron chi connectivity index (χ1n) is 6.47. The zero-order chi connectivity index (χ0) is 13.7. The molecule has 4 rings (SSSR count). The normalized spacial score (nSPS) is 11.4. The van der Waals surface area contributed by atoms with Crippen molar-refractivity contribution in [2.75, 3.05) is 0 Å². The highest BCUT2D eigenvalue weighted by Crippen LogP contribution is 2.32. The summed E-state index contributed by atoms with van der Waals surface area (Å²) in [7, 11) is 0. The Hall–Kier alpha value is -2.81. The van der Waals surface area contributed by atoms with Gasteiger partial charge in [0.2, 0.25) is 5.91 Å². The van der Waals surface area contributed by atoms with Crippen LogP contribution in [0.25, 0.3) is 32.4 Å². The molecule has 1 heterocycles. The Morgan fingerprint density at radius 2 is 1.45 bits per heavy atom. The maximum atomic E-state index is 11.4. The largest absolute Gasteiger partial charge is 0.366 e. The van der Waals surface area contributed by atoms with Crippen molar-refractivity contribution >= 4 is 38.4 Å². The first kappa shape index (κ1) is 11.1. The number of rotatable bonds is 1. The number of amides is 1. The molecular weight excluding hydrogens is 248 g/mol. The van der Waals surface area contributed by atoms with Gasteiger partial charge in [0, 0.05) is 22.7 Å². The van der Waals surface area contributed by atoms with E-state index in [0.29, 0.717) is 5.56 Å². The van der Waals surface area contributed by atoms with Gasteiger partial charge in [0.25, 0.3) is 0 Å². The molecule has 3 aromatic carbocycles. The highest BCUT2D eigenvalue weighted by Gasteiger charge is 2.11. The van der Waals surface area contributed by atoms with Crippen molar-refractivity contribution in [2.45, 2.75) is 0 Å². The summed E-state index contributed by atoms with van der Waals surface area (Å²) in [6.07, 6.45) is 1.92. The minimum Gasteiger partial charge on any atom is -0.366 e. The lowest BCUT2D eigenvalue weighted by Crippen LogP contribution is -2.09. The first-order valence-corrected chi connectivity index (χ1v) is 6.47. The number of aromatic nitrogens is 1. The molecule has 1 aromatic heterocycles. The summed E-state index contributed by atoms with van der Waals surface area (Å²) in [5.41, 5.74) is 7.10. The predicted molar refractivity (Wildman–Crippen MR) is 81.8 cm³/mol. The van der Waals surface area contributed by atoms with Gasteiger partial charge in [0.1, 0.15) is 0 Å². The van der Waals surface area contributed by atoms with Crippen LogP contribution < -0.4 is 5.73 Å². The fraction of sp³-hybridized carbons (Fsp3) is 0. The fourth-order valence-electron chi connectivity index (χ4n) is 2.93. The zero-order valence-corrected chi connectivity index (χ0v) is 10.7. The number of hydrogen-bond acceptors (Lipinski definition) is 1. The van der Waals surface area contributed by atoms with E-state index >= 15 is 0 Å². The number of carbonyl (C=O) groups excluding carboxylic acids is 1. The van der Waals surface area contributed by atoms with E-state index in [1.807, 2.05) is 24.4 Å². The van der Waals surface area contributed by atoms with Crippen molar-refractivity contribution in [2.24, 2.45) is 5.73 Å². The molecule has 96 valence electrons. The molecule has 0 unspecified atom stereocenters. The van der Waals surface area contributed by atoms with Crippen molar-refractivity contribution in [1.29, 1.82) is 0 Å². The van der Waals surface area contributed by atoms with Gasteiger partial charge in [0.15, 0.2) is 0 Å². The molecule has 4 aromatic rings. The Balaban J connectivity index is 2.21. The third-order valence-electron chi connectivity index (χ3n) is 3.85. The molecule has 0 bridgehead atoms. The Labute approximate surface area is 115 Å². The Morgan fingerprint density at radius 1 is 0.800 bits per heavy atom. The molecule has 0 saturated carbocycles. The average Bonchev–Trinajstić information content (AvgIpc) is 2.91. The minimum absolute atomic E-state index is 0.381. The van der Waals surface area contributed by atoms with Gasteiger partial charge in [-0.2, -0.15) is 0 Å². The van der Waals surface area contributed by atoms with Gasteiger partial charge in [-0.05, 0) is 39.7 Å². The smallest absolute Gasteiger partial charge is 0.249 e. The van der Waals surface area contributed by atoms with Crippen molar-refractivity contribution in [3.63, 3.8) is 0 Å². The van der Waals surface area contributed by atoms with E-state index in [1.165, 1.54) is 10.8 Å². The number of nitrogens with one attached hydrogen (secondary N) is 1. The summed E-state index contributed by atoms with van der Waals surface area (Å²) in [6, 6.07) is 16.0. The second-order valence-electron chi connectivity index (χ2n) is 4.93. The number of pyridine rings is 1. The van der Waals surface area contributed by atoms with Crippen molar-refractivity contribution in [1.82, 2.24) is 4.98 Å². The highest BCUT2D eigenvalue weighted by molar-refractivity contribution is 6.20. The van der Waals surface area contributed by atoms with Gasteiger partial charge < -0.3 is 10.7 Å². The van der Waals surface area contributed by atoms with Crippen molar-refractivity contribution in [3.8, 4) is 0 Å². The quantitative estimate of drug-likeness (QED) is 0.505. The summed E-state index contributed by atoms with van der Waals surface area (Å²) < 4.78 is 0. The van der Waals surface area contributed by atoms with Crippen LogP contribution in [0.5, 0.6) is 0 Å². The van der Waals surface area contributed by atoms with E-state index in [2.05, 4.69) is 29.2 Å². The van der Waals surface area contributed by atoms with Gasteiger partial charge in [-0.25, -0.2) is 0 Å². The third-order valence-corrected chi connectivity index (χ3v) is 3.85. The van der Waals surface area contributed by atoms with Crippen LogP contribution in [-0.4, -0.2) is 10.9 Å². The maximum absolute atomic E-state index is 11.4. The Kier molecular flexibility index (Phi) is 2.12. The number of nitrogens with two attached hydrogens (primary N) is 1. The second kappa shape index (κ2) is 3.84. The van der Waals surface area contributed by atoms with Crippen LogP contribution in [-0.2, 0) is 0 Å². The van der Waals surface area contributed by atoms with Crippen LogP contribution in [0, 0.1) is 0 Å². The van der Waals surface area contributed by atoms with Crippen molar-refractivity contribution in [3.05, 3.63) is 60.3 Å². The van der Waals surface area contributed by atoms with Crippen LogP contribution in [0.1, 0.15) is 10.4 Å². The van der Waals surface area contributed by atoms with E-state index in [1.54, 1.807) is 6.07 Å². The summed E-state index contributed by atoms with van der Waals surface area (Å²) in [6.45, 7) is 0. The molecule has 3 N–H and O–H groups in total. The lowest BCUT2D eigenvalue weighted by atomic mass is 10.0. The van der Waals surface area contributed by atoms with Gasteiger partial charge in [0.05, 0.1) is 0 Å². The van der Waals surface area contributed by atoms with Crippen molar-refractivity contribution < 1.29 is 4.79 Å². The third kappa shape index (κ3) is 1.37. The number of hydrogen-bond donors (Lipinski definition) is 2. The summed E-state index contributed by atoms with van der Waals surface area (Å²) in [4.78, 5) is 14.7. The lowest BCUT2D eigenvalue weighted by molar-refractivity contribution is 0.100. The van der Waals surface area contributed by atoms with Gasteiger partial charge in [-0.15, -0.1) is 0 Å². The second-order valence-corrected chi connectivity index (χ2v) is 4.93. The number of primary amides is 1. The summed E-state index contributed by atoms with van der Waals surface area (Å²) >= 11 is 0. The number of aromatic amines is 1. The number of carbonyl (C=O) groups is 1. The van der Waals surface area contributed by atoms with E-state index in [4.69, 9.17) is 5.73 Å². The predicted octanol–water partition coefficient (Wildman–Crippen LogP) is 3.57. The van der Waals surface area contributed by atoms with E-state index in [0.717, 1.165) is 21.7 Å². The van der Waals surface area contributed by atoms with E-state index in [-0.39, 0.29) is 5.91 Å². The van der Waals surface area contributed by atoms with Gasteiger partial charge in [-0.3, -0.25) is 4.79 Å². The molecule has 0 fully saturated rings. The molecule has 0 aliphatic rings. The molecule has 0 aliphatic heterocycles. The molecule has 3 heteroatoms. The number of H-pyrrole nitrogens is 1. The number of benzene rings is 2. The molecule has 0 radical (unpaired) electrons. The molecule has 20 heavy (non-hydrogen) atoms. The number of fused-ring (bicyclic) bond motifs is 5. The summed E-state index contributed by atoms with van der Waals surface area (Å²) in [5.74, 6) is -0.381. The average molecular weight is 260 g/mol. The van der Waals surface area contributed by atoms with Gasteiger partial charge in [-0.1, -0.05) is 30.3 Å².